The predicted molar refractivity (Wildman–Crippen MR) is 91.0 cm³/mol. The van der Waals surface area contributed by atoms with Gasteiger partial charge in [-0.2, -0.15) is 0 Å². The van der Waals surface area contributed by atoms with Crippen molar-refractivity contribution in [3.8, 4) is 5.75 Å². The van der Waals surface area contributed by atoms with Crippen molar-refractivity contribution in [1.29, 1.82) is 0 Å². The van der Waals surface area contributed by atoms with Crippen LogP contribution in [0, 0.1) is 0 Å². The standard InChI is InChI=1S/C18H21FN2O3/c19-10-12-24-16-8-4-7-15(13-16)20-18(23)21-17(9-11-22)14-5-2-1-3-6-14/h1-8,13,17,22H,9-12H2,(H2,20,21,23)/t17-/m1/s1. The number of carbonyl (C=O) groups excluding carboxylic acids is 1. The average Bonchev–Trinajstić information content (AvgIpc) is 2.60. The van der Waals surface area contributed by atoms with Crippen molar-refractivity contribution >= 4 is 11.7 Å². The van der Waals surface area contributed by atoms with Crippen LogP contribution in [0.25, 0.3) is 0 Å². The van der Waals surface area contributed by atoms with Crippen LogP contribution < -0.4 is 15.4 Å². The molecule has 0 saturated carbocycles. The summed E-state index contributed by atoms with van der Waals surface area (Å²) in [6, 6.07) is 15.5. The van der Waals surface area contributed by atoms with E-state index in [0.717, 1.165) is 5.56 Å². The van der Waals surface area contributed by atoms with Gasteiger partial charge >= 0.3 is 6.03 Å². The van der Waals surface area contributed by atoms with E-state index in [4.69, 9.17) is 4.74 Å². The van der Waals surface area contributed by atoms with Gasteiger partial charge in [0.2, 0.25) is 0 Å². The van der Waals surface area contributed by atoms with Crippen molar-refractivity contribution in [1.82, 2.24) is 5.32 Å². The summed E-state index contributed by atoms with van der Waals surface area (Å²) < 4.78 is 17.3. The molecule has 0 unspecified atom stereocenters. The Morgan fingerprint density at radius 3 is 2.67 bits per heavy atom. The van der Waals surface area contributed by atoms with Crippen molar-refractivity contribution in [3.63, 3.8) is 0 Å². The first kappa shape index (κ1) is 17.7. The number of anilines is 1. The summed E-state index contributed by atoms with van der Waals surface area (Å²) in [6.45, 7) is -0.632. The molecule has 0 heterocycles. The van der Waals surface area contributed by atoms with Gasteiger partial charge in [0.1, 0.15) is 19.0 Å². The van der Waals surface area contributed by atoms with Crippen LogP contribution in [-0.4, -0.2) is 31.0 Å². The van der Waals surface area contributed by atoms with Crippen LogP contribution in [-0.2, 0) is 0 Å². The molecule has 0 fully saturated rings. The fourth-order valence-electron chi connectivity index (χ4n) is 2.28. The number of amides is 2. The van der Waals surface area contributed by atoms with E-state index in [0.29, 0.717) is 17.9 Å². The molecule has 1 atom stereocenters. The zero-order valence-electron chi connectivity index (χ0n) is 13.2. The monoisotopic (exact) mass is 332 g/mol. The van der Waals surface area contributed by atoms with Crippen LogP contribution >= 0.6 is 0 Å². The highest BCUT2D eigenvalue weighted by Gasteiger charge is 2.14. The topological polar surface area (TPSA) is 70.6 Å². The van der Waals surface area contributed by atoms with E-state index >= 15 is 0 Å². The highest BCUT2D eigenvalue weighted by molar-refractivity contribution is 5.89. The Labute approximate surface area is 140 Å². The van der Waals surface area contributed by atoms with E-state index in [1.165, 1.54) is 0 Å². The molecular weight excluding hydrogens is 311 g/mol. The molecule has 3 N–H and O–H groups in total. The largest absolute Gasteiger partial charge is 0.491 e. The molecule has 0 saturated heterocycles. The van der Waals surface area contributed by atoms with Crippen molar-refractivity contribution in [2.45, 2.75) is 12.5 Å². The van der Waals surface area contributed by atoms with Crippen LogP contribution in [0.1, 0.15) is 18.0 Å². The van der Waals surface area contributed by atoms with Crippen LogP contribution in [0.4, 0.5) is 14.9 Å². The smallest absolute Gasteiger partial charge is 0.319 e. The Morgan fingerprint density at radius 1 is 1.17 bits per heavy atom. The van der Waals surface area contributed by atoms with Crippen molar-refractivity contribution in [2.75, 3.05) is 25.2 Å². The second kappa shape index (κ2) is 9.52. The Bertz CT molecular complexity index is 637. The van der Waals surface area contributed by atoms with E-state index in [1.807, 2.05) is 30.3 Å². The average molecular weight is 332 g/mol. The third-order valence-electron chi connectivity index (χ3n) is 3.36. The number of rotatable bonds is 8. The lowest BCUT2D eigenvalue weighted by Crippen LogP contribution is -2.33. The molecule has 0 spiro atoms. The molecule has 24 heavy (non-hydrogen) atoms. The van der Waals surface area contributed by atoms with E-state index < -0.39 is 6.67 Å². The van der Waals surface area contributed by atoms with Crippen molar-refractivity contribution < 1.29 is 19.0 Å². The van der Waals surface area contributed by atoms with Gasteiger partial charge in [0, 0.05) is 18.4 Å². The number of urea groups is 1. The molecule has 128 valence electrons. The first-order valence-electron chi connectivity index (χ1n) is 7.75. The SMILES string of the molecule is O=C(Nc1cccc(OCCF)c1)N[C@H](CCO)c1ccccc1. The van der Waals surface area contributed by atoms with Crippen LogP contribution in [0.3, 0.4) is 0 Å². The minimum absolute atomic E-state index is 0.0256. The second-order valence-electron chi connectivity index (χ2n) is 5.14. The maximum atomic E-state index is 12.2. The molecule has 0 bridgehead atoms. The number of aliphatic hydroxyl groups is 1. The van der Waals surface area contributed by atoms with Gasteiger partial charge in [0.25, 0.3) is 0 Å². The van der Waals surface area contributed by atoms with Gasteiger partial charge in [-0.1, -0.05) is 36.4 Å². The van der Waals surface area contributed by atoms with Crippen molar-refractivity contribution in [2.24, 2.45) is 0 Å². The van der Waals surface area contributed by atoms with Crippen LogP contribution in [0.5, 0.6) is 5.75 Å². The normalized spacial score (nSPS) is 11.6. The number of ether oxygens (including phenoxy) is 1. The first-order chi connectivity index (χ1) is 11.7. The van der Waals surface area contributed by atoms with Crippen LogP contribution in [0.2, 0.25) is 0 Å². The lowest BCUT2D eigenvalue weighted by Gasteiger charge is -2.19. The Kier molecular flexibility index (Phi) is 7.04. The Morgan fingerprint density at radius 2 is 1.96 bits per heavy atom. The fourth-order valence-corrected chi connectivity index (χ4v) is 2.28. The summed E-state index contributed by atoms with van der Waals surface area (Å²) in [5, 5.41) is 14.7. The van der Waals surface area contributed by atoms with Gasteiger partial charge in [-0.05, 0) is 24.1 Å². The number of benzene rings is 2. The third kappa shape index (κ3) is 5.55. The number of hydrogen-bond donors (Lipinski definition) is 3. The van der Waals surface area contributed by atoms with Crippen molar-refractivity contribution in [3.05, 3.63) is 60.2 Å². The molecule has 5 nitrogen and oxygen atoms in total. The second-order valence-corrected chi connectivity index (χ2v) is 5.14. The highest BCUT2D eigenvalue weighted by Crippen LogP contribution is 2.19. The number of alkyl halides is 1. The van der Waals surface area contributed by atoms with E-state index in [9.17, 15) is 14.3 Å². The van der Waals surface area contributed by atoms with Gasteiger partial charge in [-0.25, -0.2) is 9.18 Å². The molecule has 2 aromatic rings. The minimum atomic E-state index is -0.571. The molecular formula is C18H21FN2O3. The lowest BCUT2D eigenvalue weighted by atomic mass is 10.0. The maximum Gasteiger partial charge on any atom is 0.319 e. The molecule has 0 aromatic heterocycles. The van der Waals surface area contributed by atoms with E-state index in [1.54, 1.807) is 24.3 Å². The molecule has 6 heteroatoms. The molecule has 0 radical (unpaired) electrons. The van der Waals surface area contributed by atoms with Gasteiger partial charge in [-0.15, -0.1) is 0 Å². The quantitative estimate of drug-likeness (QED) is 0.695. The molecule has 0 aliphatic heterocycles. The number of halogens is 1. The first-order valence-corrected chi connectivity index (χ1v) is 7.75. The zero-order valence-corrected chi connectivity index (χ0v) is 13.2. The van der Waals surface area contributed by atoms with Gasteiger partial charge in [-0.3, -0.25) is 0 Å². The molecule has 0 aliphatic rings. The number of hydrogen-bond acceptors (Lipinski definition) is 3. The molecule has 2 aromatic carbocycles. The summed E-state index contributed by atoms with van der Waals surface area (Å²) in [7, 11) is 0. The number of carbonyl (C=O) groups is 1. The molecule has 2 amide bonds. The van der Waals surface area contributed by atoms with Gasteiger partial charge < -0.3 is 20.5 Å². The highest BCUT2D eigenvalue weighted by atomic mass is 19.1. The van der Waals surface area contributed by atoms with E-state index in [-0.39, 0.29) is 25.3 Å². The van der Waals surface area contributed by atoms with Gasteiger partial charge in [0.15, 0.2) is 0 Å². The summed E-state index contributed by atoms with van der Waals surface area (Å²) in [5.41, 5.74) is 1.46. The predicted octanol–water partition coefficient (Wildman–Crippen LogP) is 3.28. The Balaban J connectivity index is 1.98. The summed E-state index contributed by atoms with van der Waals surface area (Å²) in [5.74, 6) is 0.486. The zero-order chi connectivity index (χ0) is 17.2. The van der Waals surface area contributed by atoms with E-state index in [2.05, 4.69) is 10.6 Å². The number of aliphatic hydroxyl groups excluding tert-OH is 1. The molecule has 2 rings (SSSR count). The minimum Gasteiger partial charge on any atom is -0.491 e. The Hall–Kier alpha value is -2.60. The summed E-state index contributed by atoms with van der Waals surface area (Å²) >= 11 is 0. The number of nitrogens with one attached hydrogen (secondary N) is 2. The van der Waals surface area contributed by atoms with Crippen LogP contribution in [0.15, 0.2) is 54.6 Å². The molecule has 0 aliphatic carbocycles. The maximum absolute atomic E-state index is 12.2. The summed E-state index contributed by atoms with van der Waals surface area (Å²) in [4.78, 5) is 12.2. The van der Waals surface area contributed by atoms with Gasteiger partial charge in [0.05, 0.1) is 6.04 Å². The lowest BCUT2D eigenvalue weighted by molar-refractivity contribution is 0.239. The summed E-state index contributed by atoms with van der Waals surface area (Å²) in [6.07, 6.45) is 0.414. The fraction of sp³-hybridized carbons (Fsp3) is 0.278. The third-order valence-corrected chi connectivity index (χ3v) is 3.36.